The van der Waals surface area contributed by atoms with E-state index in [0.717, 1.165) is 22.0 Å². The molecule has 0 bridgehead atoms. The zero-order valence-electron chi connectivity index (χ0n) is 11.6. The number of aryl methyl sites for hydroxylation is 2. The van der Waals surface area contributed by atoms with Gasteiger partial charge in [0.2, 0.25) is 5.91 Å². The highest BCUT2D eigenvalue weighted by Gasteiger charge is 2.35. The minimum absolute atomic E-state index is 0.110. The molecule has 1 unspecified atom stereocenters. The maximum Gasteiger partial charge on any atom is 0.242 e. The number of benzene rings is 1. The molecule has 110 valence electrons. The van der Waals surface area contributed by atoms with Gasteiger partial charge in [0.05, 0.1) is 11.4 Å². The fraction of sp³-hybridized carbons (Fsp3) is 0.500. The van der Waals surface area contributed by atoms with Gasteiger partial charge in [-0.1, -0.05) is 12.5 Å². The van der Waals surface area contributed by atoms with E-state index in [4.69, 9.17) is 0 Å². The summed E-state index contributed by atoms with van der Waals surface area (Å²) in [6, 6.07) is 3.85. The highest BCUT2D eigenvalue weighted by atomic mass is 79.9. The standard InChI is InChI=1S/C14H18BrNO3S/c1-9-7-10(2)13(11(15)8-9)16-14(17)12-5-3-4-6-20(12,18)19/h7-8,12H,3-6H2,1-2H3,(H,16,17). The molecular weight excluding hydrogens is 342 g/mol. The lowest BCUT2D eigenvalue weighted by atomic mass is 10.1. The zero-order valence-corrected chi connectivity index (χ0v) is 14.0. The number of hydrogen-bond acceptors (Lipinski definition) is 3. The Morgan fingerprint density at radius 2 is 2.00 bits per heavy atom. The fourth-order valence-electron chi connectivity index (χ4n) is 2.53. The predicted molar refractivity (Wildman–Crippen MR) is 83.7 cm³/mol. The summed E-state index contributed by atoms with van der Waals surface area (Å²) in [6.45, 7) is 3.86. The van der Waals surface area contributed by atoms with Crippen LogP contribution < -0.4 is 5.32 Å². The van der Waals surface area contributed by atoms with E-state index in [-0.39, 0.29) is 5.75 Å². The van der Waals surface area contributed by atoms with E-state index in [0.29, 0.717) is 18.5 Å². The molecule has 4 nitrogen and oxygen atoms in total. The smallest absolute Gasteiger partial charge is 0.242 e. The number of amides is 1. The predicted octanol–water partition coefficient (Wildman–Crippen LogP) is 2.97. The fourth-order valence-corrected chi connectivity index (χ4v) is 5.10. The van der Waals surface area contributed by atoms with E-state index in [9.17, 15) is 13.2 Å². The van der Waals surface area contributed by atoms with Crippen LogP contribution in [0.1, 0.15) is 30.4 Å². The van der Waals surface area contributed by atoms with Crippen molar-refractivity contribution in [3.63, 3.8) is 0 Å². The summed E-state index contributed by atoms with van der Waals surface area (Å²) in [6.07, 6.45) is 1.85. The van der Waals surface area contributed by atoms with Crippen molar-refractivity contribution in [1.82, 2.24) is 0 Å². The van der Waals surface area contributed by atoms with E-state index in [2.05, 4.69) is 21.2 Å². The quantitative estimate of drug-likeness (QED) is 0.882. The molecule has 1 aromatic rings. The Labute approximate surface area is 128 Å². The van der Waals surface area contributed by atoms with Gasteiger partial charge in [0.25, 0.3) is 0 Å². The first kappa shape index (κ1) is 15.5. The molecule has 20 heavy (non-hydrogen) atoms. The molecule has 0 radical (unpaired) electrons. The van der Waals surface area contributed by atoms with Gasteiger partial charge in [-0.3, -0.25) is 4.79 Å². The minimum atomic E-state index is -3.30. The van der Waals surface area contributed by atoms with E-state index < -0.39 is 21.0 Å². The Kier molecular flexibility index (Phi) is 4.54. The highest BCUT2D eigenvalue weighted by molar-refractivity contribution is 9.10. The third-order valence-electron chi connectivity index (χ3n) is 3.55. The van der Waals surface area contributed by atoms with Crippen molar-refractivity contribution < 1.29 is 13.2 Å². The Balaban J connectivity index is 2.24. The number of nitrogens with one attached hydrogen (secondary N) is 1. The molecule has 0 aliphatic carbocycles. The molecule has 6 heteroatoms. The van der Waals surface area contributed by atoms with Crippen LogP contribution in [0, 0.1) is 13.8 Å². The molecule has 1 aromatic carbocycles. The van der Waals surface area contributed by atoms with Crippen LogP contribution in [0.5, 0.6) is 0 Å². The summed E-state index contributed by atoms with van der Waals surface area (Å²) in [4.78, 5) is 12.3. The molecule has 1 amide bonds. The van der Waals surface area contributed by atoms with Crippen molar-refractivity contribution >= 4 is 37.4 Å². The number of rotatable bonds is 2. The average Bonchev–Trinajstić information content (AvgIpc) is 2.32. The summed E-state index contributed by atoms with van der Waals surface area (Å²) < 4.78 is 24.7. The van der Waals surface area contributed by atoms with Crippen molar-refractivity contribution in [2.24, 2.45) is 0 Å². The maximum absolute atomic E-state index is 12.3. The van der Waals surface area contributed by atoms with Crippen LogP contribution in [0.3, 0.4) is 0 Å². The Bertz CT molecular complexity index is 617. The molecule has 1 aliphatic rings. The lowest BCUT2D eigenvalue weighted by molar-refractivity contribution is -0.116. The van der Waals surface area contributed by atoms with Crippen molar-refractivity contribution in [1.29, 1.82) is 0 Å². The van der Waals surface area contributed by atoms with Gasteiger partial charge in [-0.05, 0) is 59.8 Å². The summed E-state index contributed by atoms with van der Waals surface area (Å²) >= 11 is 3.41. The third-order valence-corrected chi connectivity index (χ3v) is 6.35. The van der Waals surface area contributed by atoms with E-state index in [1.54, 1.807) is 0 Å². The van der Waals surface area contributed by atoms with Gasteiger partial charge in [0.15, 0.2) is 9.84 Å². The number of anilines is 1. The third kappa shape index (κ3) is 3.23. The van der Waals surface area contributed by atoms with Gasteiger partial charge >= 0.3 is 0 Å². The van der Waals surface area contributed by atoms with Gasteiger partial charge in [-0.25, -0.2) is 8.42 Å². The summed E-state index contributed by atoms with van der Waals surface area (Å²) in [5.41, 5.74) is 2.65. The van der Waals surface area contributed by atoms with Crippen LogP contribution in [0.4, 0.5) is 5.69 Å². The normalized spacial score (nSPS) is 21.4. The second-order valence-electron chi connectivity index (χ2n) is 5.28. The van der Waals surface area contributed by atoms with Crippen LogP contribution in [-0.4, -0.2) is 25.3 Å². The maximum atomic E-state index is 12.3. The minimum Gasteiger partial charge on any atom is -0.324 e. The van der Waals surface area contributed by atoms with E-state index in [1.165, 1.54) is 0 Å². The number of halogens is 1. The molecule has 1 heterocycles. The van der Waals surface area contributed by atoms with E-state index >= 15 is 0 Å². The Morgan fingerprint density at radius 1 is 1.30 bits per heavy atom. The van der Waals surface area contributed by atoms with Crippen LogP contribution in [0.15, 0.2) is 16.6 Å². The van der Waals surface area contributed by atoms with Crippen LogP contribution >= 0.6 is 15.9 Å². The Morgan fingerprint density at radius 3 is 2.60 bits per heavy atom. The van der Waals surface area contributed by atoms with Gasteiger partial charge in [0.1, 0.15) is 5.25 Å². The molecule has 1 aliphatic heterocycles. The number of carbonyl (C=O) groups excluding carboxylic acids is 1. The molecule has 0 spiro atoms. The van der Waals surface area contributed by atoms with E-state index in [1.807, 2.05) is 26.0 Å². The largest absolute Gasteiger partial charge is 0.324 e. The van der Waals surface area contributed by atoms with Crippen molar-refractivity contribution in [3.05, 3.63) is 27.7 Å². The van der Waals surface area contributed by atoms with Gasteiger partial charge in [-0.2, -0.15) is 0 Å². The summed E-state index contributed by atoms with van der Waals surface area (Å²) in [5, 5.41) is 1.85. The first-order chi connectivity index (χ1) is 9.31. The molecule has 0 saturated carbocycles. The lowest BCUT2D eigenvalue weighted by Crippen LogP contribution is -2.39. The van der Waals surface area contributed by atoms with Crippen molar-refractivity contribution in [3.8, 4) is 0 Å². The molecule has 2 rings (SSSR count). The molecule has 1 saturated heterocycles. The van der Waals surface area contributed by atoms with Gasteiger partial charge in [0, 0.05) is 4.47 Å². The van der Waals surface area contributed by atoms with Crippen LogP contribution in [0.25, 0.3) is 0 Å². The first-order valence-electron chi connectivity index (χ1n) is 6.60. The lowest BCUT2D eigenvalue weighted by Gasteiger charge is -2.22. The topological polar surface area (TPSA) is 63.2 Å². The van der Waals surface area contributed by atoms with Crippen LogP contribution in [0.2, 0.25) is 0 Å². The first-order valence-corrected chi connectivity index (χ1v) is 9.11. The Hall–Kier alpha value is -0.880. The summed E-state index contributed by atoms with van der Waals surface area (Å²) in [7, 11) is -3.30. The number of sulfone groups is 1. The molecular formula is C14H18BrNO3S. The SMILES string of the molecule is Cc1cc(C)c(NC(=O)C2CCCCS2(=O)=O)c(Br)c1. The monoisotopic (exact) mass is 359 g/mol. The van der Waals surface area contributed by atoms with Gasteiger partial charge in [-0.15, -0.1) is 0 Å². The molecule has 1 N–H and O–H groups in total. The number of hydrogen-bond donors (Lipinski definition) is 1. The highest BCUT2D eigenvalue weighted by Crippen LogP contribution is 2.29. The van der Waals surface area contributed by atoms with Crippen molar-refractivity contribution in [2.45, 2.75) is 38.4 Å². The zero-order chi connectivity index (χ0) is 14.9. The molecule has 0 aromatic heterocycles. The second-order valence-corrected chi connectivity index (χ2v) is 8.44. The summed E-state index contributed by atoms with van der Waals surface area (Å²) in [5.74, 6) is -0.309. The van der Waals surface area contributed by atoms with Crippen molar-refractivity contribution in [2.75, 3.05) is 11.1 Å². The average molecular weight is 360 g/mol. The molecule has 1 fully saturated rings. The van der Waals surface area contributed by atoms with Crippen LogP contribution in [-0.2, 0) is 14.6 Å². The van der Waals surface area contributed by atoms with Gasteiger partial charge < -0.3 is 5.32 Å². The second kappa shape index (κ2) is 5.85. The molecule has 1 atom stereocenters. The number of carbonyl (C=O) groups is 1.